The molecule has 0 fully saturated rings. The van der Waals surface area contributed by atoms with Crippen LogP contribution in [0.5, 0.6) is 0 Å². The van der Waals surface area contributed by atoms with Crippen molar-refractivity contribution >= 4 is 0 Å². The summed E-state index contributed by atoms with van der Waals surface area (Å²) < 4.78 is 0. The zero-order valence-corrected chi connectivity index (χ0v) is 16.3. The van der Waals surface area contributed by atoms with E-state index in [9.17, 15) is 0 Å². The van der Waals surface area contributed by atoms with Gasteiger partial charge in [-0.15, -0.1) is 0 Å². The van der Waals surface area contributed by atoms with Crippen LogP contribution in [0.15, 0.2) is 12.2 Å². The van der Waals surface area contributed by atoms with E-state index >= 15 is 0 Å². The van der Waals surface area contributed by atoms with Gasteiger partial charge in [0.1, 0.15) is 0 Å². The zero-order valence-electron chi connectivity index (χ0n) is 16.3. The molecule has 0 amide bonds. The second kappa shape index (κ2) is 18.1. The SMILES string of the molecule is [CH2]CCCC=CCCCCC(CCCCCCC[CH2])C(C)CC. The van der Waals surface area contributed by atoms with Crippen LogP contribution < -0.4 is 0 Å². The number of allylic oxidation sites excluding steroid dienone is 2. The lowest BCUT2D eigenvalue weighted by Crippen LogP contribution is -2.11. The number of unbranched alkanes of at least 4 members (excludes halogenated alkanes) is 9. The van der Waals surface area contributed by atoms with Gasteiger partial charge in [-0.2, -0.15) is 0 Å². The van der Waals surface area contributed by atoms with E-state index in [0.29, 0.717) is 0 Å². The molecule has 0 saturated carbocycles. The third kappa shape index (κ3) is 15.0. The smallest absolute Gasteiger partial charge is 0.0351 e. The summed E-state index contributed by atoms with van der Waals surface area (Å²) in [6.07, 6.45) is 24.7. The summed E-state index contributed by atoms with van der Waals surface area (Å²) in [6, 6.07) is 0. The Labute approximate surface area is 148 Å². The van der Waals surface area contributed by atoms with Crippen molar-refractivity contribution in [2.75, 3.05) is 0 Å². The van der Waals surface area contributed by atoms with Gasteiger partial charge in [-0.25, -0.2) is 0 Å². The highest BCUT2D eigenvalue weighted by molar-refractivity contribution is 4.81. The fourth-order valence-corrected chi connectivity index (χ4v) is 3.33. The minimum absolute atomic E-state index is 0.905. The monoisotopic (exact) mass is 320 g/mol. The van der Waals surface area contributed by atoms with Crippen LogP contribution in [0.3, 0.4) is 0 Å². The van der Waals surface area contributed by atoms with Crippen molar-refractivity contribution in [1.82, 2.24) is 0 Å². The summed E-state index contributed by atoms with van der Waals surface area (Å²) in [5, 5.41) is 0. The first-order valence-electron chi connectivity index (χ1n) is 10.5. The van der Waals surface area contributed by atoms with Crippen LogP contribution in [0.1, 0.15) is 110 Å². The molecular weight excluding hydrogens is 276 g/mol. The molecule has 0 spiro atoms. The molecule has 0 bridgehead atoms. The van der Waals surface area contributed by atoms with E-state index in [0.717, 1.165) is 24.7 Å². The molecule has 136 valence electrons. The highest BCUT2D eigenvalue weighted by Crippen LogP contribution is 2.27. The Hall–Kier alpha value is -0.260. The molecule has 0 saturated heterocycles. The molecule has 0 aromatic rings. The Morgan fingerprint density at radius 1 is 0.696 bits per heavy atom. The zero-order chi connectivity index (χ0) is 17.2. The van der Waals surface area contributed by atoms with Gasteiger partial charge in [-0.3, -0.25) is 0 Å². The molecule has 0 rings (SSSR count). The van der Waals surface area contributed by atoms with E-state index in [1.807, 2.05) is 0 Å². The maximum Gasteiger partial charge on any atom is -0.0351 e. The van der Waals surface area contributed by atoms with Crippen molar-refractivity contribution in [2.45, 2.75) is 110 Å². The van der Waals surface area contributed by atoms with Crippen molar-refractivity contribution in [1.29, 1.82) is 0 Å². The van der Waals surface area contributed by atoms with Gasteiger partial charge in [0.25, 0.3) is 0 Å². The van der Waals surface area contributed by atoms with Crippen LogP contribution >= 0.6 is 0 Å². The molecule has 0 N–H and O–H groups in total. The molecule has 0 heterocycles. The van der Waals surface area contributed by atoms with Gasteiger partial charge in [0.2, 0.25) is 0 Å². The van der Waals surface area contributed by atoms with Crippen LogP contribution in [-0.4, -0.2) is 0 Å². The molecule has 0 aliphatic heterocycles. The van der Waals surface area contributed by atoms with Gasteiger partial charge in [0.15, 0.2) is 0 Å². The standard InChI is InChI=1S/C23H44/c1-5-8-10-12-14-15-17-19-21-23(22(4)7-3)20-18-16-13-11-9-6-2/h12,14,22-23H,1-2,5-11,13,15-21H2,3-4H3. The molecule has 2 atom stereocenters. The van der Waals surface area contributed by atoms with E-state index in [1.165, 1.54) is 83.5 Å². The average Bonchev–Trinajstić information content (AvgIpc) is 2.57. The average molecular weight is 321 g/mol. The third-order valence-electron chi connectivity index (χ3n) is 5.26. The van der Waals surface area contributed by atoms with Crippen LogP contribution in [0.4, 0.5) is 0 Å². The van der Waals surface area contributed by atoms with E-state index in [-0.39, 0.29) is 0 Å². The third-order valence-corrected chi connectivity index (χ3v) is 5.26. The molecule has 0 heteroatoms. The van der Waals surface area contributed by atoms with Crippen molar-refractivity contribution in [3.05, 3.63) is 26.0 Å². The lowest BCUT2D eigenvalue weighted by molar-refractivity contribution is 0.289. The van der Waals surface area contributed by atoms with Crippen LogP contribution in [0.25, 0.3) is 0 Å². The van der Waals surface area contributed by atoms with Crippen LogP contribution in [-0.2, 0) is 0 Å². The number of hydrogen-bond donors (Lipinski definition) is 0. The summed E-state index contributed by atoms with van der Waals surface area (Å²) >= 11 is 0. The predicted molar refractivity (Wildman–Crippen MR) is 107 cm³/mol. The molecule has 0 aliphatic rings. The number of hydrogen-bond acceptors (Lipinski definition) is 0. The largest absolute Gasteiger partial charge is 0.0885 e. The lowest BCUT2D eigenvalue weighted by atomic mass is 9.83. The van der Waals surface area contributed by atoms with Gasteiger partial charge < -0.3 is 0 Å². The summed E-state index contributed by atoms with van der Waals surface area (Å²) in [4.78, 5) is 0. The van der Waals surface area contributed by atoms with E-state index in [1.54, 1.807) is 0 Å². The normalized spacial score (nSPS) is 14.4. The van der Waals surface area contributed by atoms with Gasteiger partial charge >= 0.3 is 0 Å². The lowest BCUT2D eigenvalue weighted by Gasteiger charge is -2.23. The molecule has 0 nitrogen and oxygen atoms in total. The maximum atomic E-state index is 3.93. The summed E-state index contributed by atoms with van der Waals surface area (Å²) in [5.74, 6) is 1.87. The van der Waals surface area contributed by atoms with Crippen LogP contribution in [0, 0.1) is 25.7 Å². The fourth-order valence-electron chi connectivity index (χ4n) is 3.33. The molecule has 2 radical (unpaired) electrons. The van der Waals surface area contributed by atoms with E-state index in [4.69, 9.17) is 0 Å². The van der Waals surface area contributed by atoms with Crippen molar-refractivity contribution in [2.24, 2.45) is 11.8 Å². The molecule has 0 aromatic carbocycles. The fraction of sp³-hybridized carbons (Fsp3) is 0.826. The Morgan fingerprint density at radius 2 is 1.22 bits per heavy atom. The maximum absolute atomic E-state index is 3.93. The summed E-state index contributed by atoms with van der Waals surface area (Å²) in [7, 11) is 0. The first-order valence-corrected chi connectivity index (χ1v) is 10.5. The Balaban J connectivity index is 3.73. The molecule has 23 heavy (non-hydrogen) atoms. The van der Waals surface area contributed by atoms with Crippen LogP contribution in [0.2, 0.25) is 0 Å². The minimum Gasteiger partial charge on any atom is -0.0885 e. The Bertz CT molecular complexity index is 240. The molecular formula is C23H44. The molecule has 2 unspecified atom stereocenters. The Kier molecular flexibility index (Phi) is 17.9. The first-order chi connectivity index (χ1) is 11.3. The van der Waals surface area contributed by atoms with Gasteiger partial charge in [-0.1, -0.05) is 110 Å². The van der Waals surface area contributed by atoms with E-state index < -0.39 is 0 Å². The molecule has 0 aliphatic carbocycles. The second-order valence-corrected chi connectivity index (χ2v) is 7.31. The topological polar surface area (TPSA) is 0 Å². The summed E-state index contributed by atoms with van der Waals surface area (Å²) in [5.41, 5.74) is 0. The van der Waals surface area contributed by atoms with Crippen molar-refractivity contribution in [3.8, 4) is 0 Å². The Morgan fingerprint density at radius 3 is 1.83 bits per heavy atom. The predicted octanol–water partition coefficient (Wildman–Crippen LogP) is 8.33. The highest BCUT2D eigenvalue weighted by atomic mass is 14.2. The highest BCUT2D eigenvalue weighted by Gasteiger charge is 2.14. The minimum atomic E-state index is 0.905. The molecule has 0 aromatic heterocycles. The van der Waals surface area contributed by atoms with E-state index in [2.05, 4.69) is 39.8 Å². The van der Waals surface area contributed by atoms with Gasteiger partial charge in [0.05, 0.1) is 0 Å². The van der Waals surface area contributed by atoms with Gasteiger partial charge in [-0.05, 0) is 37.5 Å². The first kappa shape index (κ1) is 22.7. The quantitative estimate of drug-likeness (QED) is 0.186. The second-order valence-electron chi connectivity index (χ2n) is 7.31. The number of rotatable bonds is 17. The van der Waals surface area contributed by atoms with Crippen molar-refractivity contribution < 1.29 is 0 Å². The van der Waals surface area contributed by atoms with Crippen molar-refractivity contribution in [3.63, 3.8) is 0 Å². The summed E-state index contributed by atoms with van der Waals surface area (Å²) in [6.45, 7) is 12.6. The van der Waals surface area contributed by atoms with Gasteiger partial charge in [0, 0.05) is 0 Å².